The van der Waals surface area contributed by atoms with Crippen molar-refractivity contribution < 1.29 is 4.79 Å². The fourth-order valence-electron chi connectivity index (χ4n) is 3.43. The van der Waals surface area contributed by atoms with Crippen LogP contribution in [0.15, 0.2) is 24.3 Å². The third-order valence-electron chi connectivity index (χ3n) is 4.84. The SMILES string of the molecule is Cc1ccc(C(=O)NCCNc2nc(C)cc(N3CCCCC3)n2)c(C)c1. The van der Waals surface area contributed by atoms with E-state index in [4.69, 9.17) is 0 Å². The number of benzene rings is 1. The van der Waals surface area contributed by atoms with Gasteiger partial charge in [0.2, 0.25) is 5.95 Å². The Kier molecular flexibility index (Phi) is 6.27. The molecule has 3 rings (SSSR count). The molecule has 0 atom stereocenters. The molecule has 1 fully saturated rings. The van der Waals surface area contributed by atoms with E-state index in [1.807, 2.05) is 45.0 Å². The lowest BCUT2D eigenvalue weighted by Crippen LogP contribution is -2.31. The van der Waals surface area contributed by atoms with Gasteiger partial charge in [-0.25, -0.2) is 4.98 Å². The van der Waals surface area contributed by atoms with Crippen molar-refractivity contribution in [2.45, 2.75) is 40.0 Å². The van der Waals surface area contributed by atoms with Crippen molar-refractivity contribution in [3.8, 4) is 0 Å². The fourth-order valence-corrected chi connectivity index (χ4v) is 3.43. The van der Waals surface area contributed by atoms with E-state index in [0.717, 1.165) is 41.3 Å². The molecule has 0 spiro atoms. The molecule has 2 aromatic rings. The van der Waals surface area contributed by atoms with Crippen LogP contribution >= 0.6 is 0 Å². The average molecular weight is 367 g/mol. The first kappa shape index (κ1) is 19.1. The van der Waals surface area contributed by atoms with Crippen LogP contribution in [-0.2, 0) is 0 Å². The van der Waals surface area contributed by atoms with Crippen molar-refractivity contribution in [3.05, 3.63) is 46.6 Å². The Hall–Kier alpha value is -2.63. The van der Waals surface area contributed by atoms with E-state index in [1.165, 1.54) is 19.3 Å². The summed E-state index contributed by atoms with van der Waals surface area (Å²) in [5.41, 5.74) is 3.83. The summed E-state index contributed by atoms with van der Waals surface area (Å²) in [4.78, 5) is 23.8. The largest absolute Gasteiger partial charge is 0.356 e. The predicted molar refractivity (Wildman–Crippen MR) is 110 cm³/mol. The van der Waals surface area contributed by atoms with Crippen molar-refractivity contribution in [3.63, 3.8) is 0 Å². The molecule has 0 radical (unpaired) electrons. The van der Waals surface area contributed by atoms with Gasteiger partial charge in [-0.15, -0.1) is 0 Å². The van der Waals surface area contributed by atoms with Crippen LogP contribution in [0, 0.1) is 20.8 Å². The minimum Gasteiger partial charge on any atom is -0.356 e. The number of aryl methyl sites for hydroxylation is 3. The van der Waals surface area contributed by atoms with Crippen LogP contribution in [0.25, 0.3) is 0 Å². The van der Waals surface area contributed by atoms with Gasteiger partial charge in [0.05, 0.1) is 0 Å². The molecule has 0 unspecified atom stereocenters. The van der Waals surface area contributed by atoms with Crippen LogP contribution in [0.4, 0.5) is 11.8 Å². The highest BCUT2D eigenvalue weighted by Gasteiger charge is 2.14. The van der Waals surface area contributed by atoms with E-state index >= 15 is 0 Å². The van der Waals surface area contributed by atoms with Crippen molar-refractivity contribution in [2.75, 3.05) is 36.4 Å². The summed E-state index contributed by atoms with van der Waals surface area (Å²) in [7, 11) is 0. The second-order valence-corrected chi connectivity index (χ2v) is 7.24. The van der Waals surface area contributed by atoms with Crippen LogP contribution in [0.2, 0.25) is 0 Å². The Morgan fingerprint density at radius 1 is 1.04 bits per heavy atom. The average Bonchev–Trinajstić information content (AvgIpc) is 2.65. The summed E-state index contributed by atoms with van der Waals surface area (Å²) in [6, 6.07) is 7.90. The lowest BCUT2D eigenvalue weighted by Gasteiger charge is -2.28. The molecule has 1 aliphatic rings. The predicted octanol–water partition coefficient (Wildman–Crippen LogP) is 3.23. The van der Waals surface area contributed by atoms with Crippen LogP contribution in [0.1, 0.15) is 46.4 Å². The van der Waals surface area contributed by atoms with Gasteiger partial charge in [0.15, 0.2) is 0 Å². The van der Waals surface area contributed by atoms with Crippen LogP contribution in [0.3, 0.4) is 0 Å². The topological polar surface area (TPSA) is 70.2 Å². The number of aromatic nitrogens is 2. The molecule has 144 valence electrons. The van der Waals surface area contributed by atoms with Crippen LogP contribution < -0.4 is 15.5 Å². The molecular weight excluding hydrogens is 338 g/mol. The van der Waals surface area contributed by atoms with Crippen molar-refractivity contribution >= 4 is 17.7 Å². The maximum absolute atomic E-state index is 12.3. The number of rotatable bonds is 6. The Labute approximate surface area is 161 Å². The summed E-state index contributed by atoms with van der Waals surface area (Å²) >= 11 is 0. The molecule has 1 amide bonds. The Bertz CT molecular complexity index is 799. The van der Waals surface area contributed by atoms with E-state index in [9.17, 15) is 4.79 Å². The molecule has 1 aromatic heterocycles. The standard InChI is InChI=1S/C21H29N5O/c1-15-7-8-18(16(2)13-15)20(27)22-9-10-23-21-24-17(3)14-19(25-21)26-11-5-4-6-12-26/h7-8,13-14H,4-6,9-12H2,1-3H3,(H,22,27)(H,23,24,25). The lowest BCUT2D eigenvalue weighted by atomic mass is 10.1. The van der Waals surface area contributed by atoms with Gasteiger partial charge in [-0.3, -0.25) is 4.79 Å². The number of nitrogens with one attached hydrogen (secondary N) is 2. The summed E-state index contributed by atoms with van der Waals surface area (Å²) in [5, 5.41) is 6.19. The number of carbonyl (C=O) groups is 1. The quantitative estimate of drug-likeness (QED) is 0.767. The number of piperidine rings is 1. The summed E-state index contributed by atoms with van der Waals surface area (Å²) in [6.07, 6.45) is 3.73. The van der Waals surface area contributed by atoms with Gasteiger partial charge < -0.3 is 15.5 Å². The molecule has 0 bridgehead atoms. The van der Waals surface area contributed by atoms with Crippen molar-refractivity contribution in [2.24, 2.45) is 0 Å². The zero-order chi connectivity index (χ0) is 19.2. The van der Waals surface area contributed by atoms with E-state index in [1.54, 1.807) is 0 Å². The van der Waals surface area contributed by atoms with E-state index in [-0.39, 0.29) is 5.91 Å². The van der Waals surface area contributed by atoms with Crippen molar-refractivity contribution in [1.82, 2.24) is 15.3 Å². The van der Waals surface area contributed by atoms with E-state index in [2.05, 4.69) is 25.5 Å². The minimum atomic E-state index is -0.0477. The highest BCUT2D eigenvalue weighted by Crippen LogP contribution is 2.19. The minimum absolute atomic E-state index is 0.0477. The molecular formula is C21H29N5O. The number of amides is 1. The normalized spacial score (nSPS) is 14.1. The third kappa shape index (κ3) is 5.18. The van der Waals surface area contributed by atoms with Crippen LogP contribution in [-0.4, -0.2) is 42.1 Å². The molecule has 2 heterocycles. The molecule has 0 saturated carbocycles. The molecule has 0 aliphatic carbocycles. The van der Waals surface area contributed by atoms with Gasteiger partial charge in [0.25, 0.3) is 5.91 Å². The monoisotopic (exact) mass is 367 g/mol. The van der Waals surface area contributed by atoms with Gasteiger partial charge in [-0.1, -0.05) is 17.7 Å². The number of hydrogen-bond donors (Lipinski definition) is 2. The summed E-state index contributed by atoms with van der Waals surface area (Å²) in [6.45, 7) is 9.19. The number of anilines is 2. The second kappa shape index (κ2) is 8.84. The van der Waals surface area contributed by atoms with Gasteiger partial charge >= 0.3 is 0 Å². The molecule has 6 heteroatoms. The maximum Gasteiger partial charge on any atom is 0.251 e. The molecule has 1 aliphatic heterocycles. The van der Waals surface area contributed by atoms with Gasteiger partial charge in [-0.2, -0.15) is 4.98 Å². The van der Waals surface area contributed by atoms with Crippen LogP contribution in [0.5, 0.6) is 0 Å². The summed E-state index contributed by atoms with van der Waals surface area (Å²) in [5.74, 6) is 1.56. The number of carbonyl (C=O) groups excluding carboxylic acids is 1. The van der Waals surface area contributed by atoms with E-state index < -0.39 is 0 Å². The highest BCUT2D eigenvalue weighted by molar-refractivity contribution is 5.95. The zero-order valence-electron chi connectivity index (χ0n) is 16.5. The molecule has 1 saturated heterocycles. The smallest absolute Gasteiger partial charge is 0.251 e. The molecule has 27 heavy (non-hydrogen) atoms. The Balaban J connectivity index is 1.52. The first-order valence-corrected chi connectivity index (χ1v) is 9.73. The lowest BCUT2D eigenvalue weighted by molar-refractivity contribution is 0.0954. The molecule has 1 aromatic carbocycles. The molecule has 2 N–H and O–H groups in total. The van der Waals surface area contributed by atoms with Gasteiger partial charge in [0.1, 0.15) is 5.82 Å². The Morgan fingerprint density at radius 3 is 2.56 bits per heavy atom. The highest BCUT2D eigenvalue weighted by atomic mass is 16.1. The number of nitrogens with zero attached hydrogens (tertiary/aromatic N) is 3. The second-order valence-electron chi connectivity index (χ2n) is 7.24. The maximum atomic E-state index is 12.3. The van der Waals surface area contributed by atoms with Gasteiger partial charge in [-0.05, 0) is 51.7 Å². The summed E-state index contributed by atoms with van der Waals surface area (Å²) < 4.78 is 0. The molecule has 6 nitrogen and oxygen atoms in total. The fraction of sp³-hybridized carbons (Fsp3) is 0.476. The first-order chi connectivity index (χ1) is 13.0. The zero-order valence-corrected chi connectivity index (χ0v) is 16.5. The van der Waals surface area contributed by atoms with E-state index in [0.29, 0.717) is 19.0 Å². The third-order valence-corrected chi connectivity index (χ3v) is 4.84. The van der Waals surface area contributed by atoms with Gasteiger partial charge in [0, 0.05) is 43.5 Å². The number of hydrogen-bond acceptors (Lipinski definition) is 5. The Morgan fingerprint density at radius 2 is 1.81 bits per heavy atom. The van der Waals surface area contributed by atoms with Crippen molar-refractivity contribution in [1.29, 1.82) is 0 Å². The first-order valence-electron chi connectivity index (χ1n) is 9.73.